The van der Waals surface area contributed by atoms with Crippen molar-refractivity contribution in [3.63, 3.8) is 0 Å². The summed E-state index contributed by atoms with van der Waals surface area (Å²) in [5, 5.41) is 10.8. The number of fused-ring (bicyclic) bond motifs is 1. The van der Waals surface area contributed by atoms with E-state index in [0.29, 0.717) is 28.8 Å². The van der Waals surface area contributed by atoms with Gasteiger partial charge in [-0.05, 0) is 42.7 Å². The zero-order valence-electron chi connectivity index (χ0n) is 18.0. The van der Waals surface area contributed by atoms with E-state index >= 15 is 0 Å². The number of morpholine rings is 1. The molecular weight excluding hydrogens is 469 g/mol. The average molecular weight is 494 g/mol. The molecule has 0 bridgehead atoms. The van der Waals surface area contributed by atoms with E-state index in [1.165, 1.54) is 0 Å². The molecule has 1 aliphatic heterocycles. The highest BCUT2D eigenvalue weighted by Gasteiger charge is 2.13. The quantitative estimate of drug-likeness (QED) is 0.339. The second kappa shape index (κ2) is 12.2. The maximum absolute atomic E-state index is 9.40. The first-order valence-electron chi connectivity index (χ1n) is 10.1. The highest BCUT2D eigenvalue weighted by atomic mass is 35.5. The monoisotopic (exact) mass is 493 g/mol. The largest absolute Gasteiger partial charge is 0.497 e. The minimum atomic E-state index is 0.293. The Balaban J connectivity index is 0.000000305. The molecule has 170 valence electrons. The molecule has 9 heteroatoms. The van der Waals surface area contributed by atoms with Gasteiger partial charge in [-0.25, -0.2) is 4.31 Å². The number of hydrogen-bond donors (Lipinski definition) is 0. The lowest BCUT2D eigenvalue weighted by molar-refractivity contribution is 0.0775. The van der Waals surface area contributed by atoms with Crippen LogP contribution in [0.1, 0.15) is 5.56 Å². The molecule has 0 unspecified atom stereocenters. The van der Waals surface area contributed by atoms with Gasteiger partial charge in [0.1, 0.15) is 18.4 Å². The summed E-state index contributed by atoms with van der Waals surface area (Å²) >= 11 is 13.7. The minimum absolute atomic E-state index is 0.293. The SMILES string of the molecule is COc1ccc2c(ccn2-c2cc(Cl)c(OCCCl)c(C#N)c2)c1.CSN1CCOCC1. The molecule has 1 aliphatic rings. The van der Waals surface area contributed by atoms with Crippen molar-refractivity contribution in [2.45, 2.75) is 0 Å². The normalized spacial score (nSPS) is 13.8. The molecule has 0 atom stereocenters. The van der Waals surface area contributed by atoms with E-state index < -0.39 is 0 Å². The van der Waals surface area contributed by atoms with Crippen molar-refractivity contribution in [2.24, 2.45) is 0 Å². The Labute approximate surface area is 202 Å². The number of alkyl halides is 1. The van der Waals surface area contributed by atoms with Crippen LogP contribution in [0.4, 0.5) is 0 Å². The minimum Gasteiger partial charge on any atom is -0.497 e. The number of nitriles is 1. The predicted octanol–water partition coefficient (Wildman–Crippen LogP) is 5.38. The first-order chi connectivity index (χ1) is 15.6. The smallest absolute Gasteiger partial charge is 0.155 e. The molecule has 0 amide bonds. The second-order valence-corrected chi connectivity index (χ2v) is 8.45. The molecule has 32 heavy (non-hydrogen) atoms. The molecule has 4 rings (SSSR count). The third-order valence-electron chi connectivity index (χ3n) is 4.88. The van der Waals surface area contributed by atoms with Gasteiger partial charge < -0.3 is 18.8 Å². The van der Waals surface area contributed by atoms with Crippen LogP contribution in [0.2, 0.25) is 5.02 Å². The van der Waals surface area contributed by atoms with Crippen LogP contribution in [0, 0.1) is 11.3 Å². The van der Waals surface area contributed by atoms with Gasteiger partial charge in [0.2, 0.25) is 0 Å². The van der Waals surface area contributed by atoms with E-state index in [9.17, 15) is 5.26 Å². The molecule has 1 saturated heterocycles. The van der Waals surface area contributed by atoms with Gasteiger partial charge in [-0.15, -0.1) is 11.6 Å². The number of methoxy groups -OCH3 is 1. The first-order valence-corrected chi connectivity index (χ1v) is 12.1. The molecule has 1 fully saturated rings. The number of halogens is 2. The fraction of sp³-hybridized carbons (Fsp3) is 0.348. The van der Waals surface area contributed by atoms with Crippen LogP contribution in [0.3, 0.4) is 0 Å². The molecule has 3 aromatic rings. The lowest BCUT2D eigenvalue weighted by Crippen LogP contribution is -2.30. The number of aromatic nitrogens is 1. The van der Waals surface area contributed by atoms with Crippen molar-refractivity contribution in [3.8, 4) is 23.3 Å². The van der Waals surface area contributed by atoms with Crippen LogP contribution in [0.25, 0.3) is 16.6 Å². The number of nitrogens with zero attached hydrogens (tertiary/aromatic N) is 3. The summed E-state index contributed by atoms with van der Waals surface area (Å²) in [4.78, 5) is 0. The van der Waals surface area contributed by atoms with Gasteiger partial charge in [-0.2, -0.15) is 5.26 Å². The van der Waals surface area contributed by atoms with Gasteiger partial charge in [0.25, 0.3) is 0 Å². The summed E-state index contributed by atoms with van der Waals surface area (Å²) in [5.74, 6) is 1.48. The van der Waals surface area contributed by atoms with E-state index in [4.69, 9.17) is 37.4 Å². The van der Waals surface area contributed by atoms with Crippen LogP contribution in [-0.2, 0) is 4.74 Å². The second-order valence-electron chi connectivity index (χ2n) is 6.79. The van der Waals surface area contributed by atoms with Crippen LogP contribution < -0.4 is 9.47 Å². The van der Waals surface area contributed by atoms with Gasteiger partial charge >= 0.3 is 0 Å². The fourth-order valence-electron chi connectivity index (χ4n) is 3.29. The highest BCUT2D eigenvalue weighted by molar-refractivity contribution is 7.96. The van der Waals surface area contributed by atoms with Crippen molar-refractivity contribution in [1.29, 1.82) is 5.26 Å². The van der Waals surface area contributed by atoms with Gasteiger partial charge in [-0.3, -0.25) is 0 Å². The number of benzene rings is 2. The lowest BCUT2D eigenvalue weighted by Gasteiger charge is -2.23. The van der Waals surface area contributed by atoms with E-state index in [1.807, 2.05) is 35.0 Å². The van der Waals surface area contributed by atoms with Crippen molar-refractivity contribution >= 4 is 46.1 Å². The van der Waals surface area contributed by atoms with Crippen LogP contribution in [-0.4, -0.2) is 61.0 Å². The maximum atomic E-state index is 9.40. The molecular formula is C23H25Cl2N3O3S. The summed E-state index contributed by atoms with van der Waals surface area (Å²) in [6.07, 6.45) is 4.03. The Morgan fingerprint density at radius 2 is 1.97 bits per heavy atom. The molecule has 2 heterocycles. The van der Waals surface area contributed by atoms with E-state index in [0.717, 1.165) is 48.6 Å². The molecule has 0 aliphatic carbocycles. The zero-order chi connectivity index (χ0) is 22.9. The summed E-state index contributed by atoms with van der Waals surface area (Å²) in [7, 11) is 1.64. The lowest BCUT2D eigenvalue weighted by atomic mass is 10.2. The van der Waals surface area contributed by atoms with Gasteiger partial charge in [-0.1, -0.05) is 23.5 Å². The van der Waals surface area contributed by atoms with Crippen LogP contribution >= 0.6 is 35.1 Å². The van der Waals surface area contributed by atoms with Gasteiger partial charge in [0.05, 0.1) is 42.3 Å². The Kier molecular flexibility index (Phi) is 9.39. The van der Waals surface area contributed by atoms with Crippen molar-refractivity contribution in [1.82, 2.24) is 8.87 Å². The molecule has 6 nitrogen and oxygen atoms in total. The van der Waals surface area contributed by atoms with Crippen molar-refractivity contribution < 1.29 is 14.2 Å². The average Bonchev–Trinajstić information content (AvgIpc) is 3.27. The molecule has 2 aromatic carbocycles. The fourth-order valence-corrected chi connectivity index (χ4v) is 4.15. The van der Waals surface area contributed by atoms with E-state index in [-0.39, 0.29) is 0 Å². The Morgan fingerprint density at radius 1 is 1.19 bits per heavy atom. The van der Waals surface area contributed by atoms with Crippen LogP contribution in [0.15, 0.2) is 42.6 Å². The van der Waals surface area contributed by atoms with Crippen LogP contribution in [0.5, 0.6) is 11.5 Å². The van der Waals surface area contributed by atoms with Crippen molar-refractivity contribution in [2.75, 3.05) is 52.2 Å². The standard InChI is InChI=1S/C18H14Cl2N2O2.C5H11NOS/c1-23-15-2-3-17-12(9-15)4-6-22(17)14-8-13(11-21)18(16(20)10-14)24-7-5-19;1-8-6-2-4-7-5-3-6/h2-4,6,8-10H,5,7H2,1H3;2-5H2,1H3. The topological polar surface area (TPSA) is 59.7 Å². The first kappa shape index (κ1) is 24.6. The number of rotatable bonds is 6. The zero-order valence-corrected chi connectivity index (χ0v) is 20.3. The molecule has 0 saturated carbocycles. The van der Waals surface area contributed by atoms with E-state index in [2.05, 4.69) is 16.6 Å². The van der Waals surface area contributed by atoms with Gasteiger partial charge in [0, 0.05) is 30.4 Å². The summed E-state index contributed by atoms with van der Waals surface area (Å²) in [6, 6.07) is 13.4. The maximum Gasteiger partial charge on any atom is 0.155 e. The third kappa shape index (κ3) is 6.03. The van der Waals surface area contributed by atoms with E-state index in [1.54, 1.807) is 31.2 Å². The number of ether oxygens (including phenoxy) is 3. The summed E-state index contributed by atoms with van der Waals surface area (Å²) in [5.41, 5.74) is 2.15. The number of hydrogen-bond acceptors (Lipinski definition) is 6. The Bertz CT molecular complexity index is 1080. The molecule has 0 N–H and O–H groups in total. The van der Waals surface area contributed by atoms with Gasteiger partial charge in [0.15, 0.2) is 5.75 Å². The Hall–Kier alpha value is -2.08. The molecule has 0 spiro atoms. The Morgan fingerprint density at radius 3 is 2.59 bits per heavy atom. The molecule has 0 radical (unpaired) electrons. The predicted molar refractivity (Wildman–Crippen MR) is 132 cm³/mol. The summed E-state index contributed by atoms with van der Waals surface area (Å²) in [6.45, 7) is 4.27. The summed E-state index contributed by atoms with van der Waals surface area (Å²) < 4.78 is 20.2. The third-order valence-corrected chi connectivity index (χ3v) is 6.19. The highest BCUT2D eigenvalue weighted by Crippen LogP contribution is 2.33. The van der Waals surface area contributed by atoms with Crippen molar-refractivity contribution in [3.05, 3.63) is 53.2 Å². The molecule has 1 aromatic heterocycles.